The molecule has 2 aromatic rings. The first-order valence-electron chi connectivity index (χ1n) is 14.4. The van der Waals surface area contributed by atoms with E-state index in [4.69, 9.17) is 9.84 Å². The van der Waals surface area contributed by atoms with Crippen molar-refractivity contribution < 1.29 is 9.84 Å². The minimum Gasteiger partial charge on any atom is -0.516 e. The van der Waals surface area contributed by atoms with Crippen molar-refractivity contribution in [2.45, 2.75) is 124 Å². The predicted octanol–water partition coefficient (Wildman–Crippen LogP) is 11.1. The van der Waals surface area contributed by atoms with Crippen molar-refractivity contribution in [1.29, 1.82) is 0 Å². The second-order valence-corrected chi connectivity index (χ2v) is 9.54. The second-order valence-electron chi connectivity index (χ2n) is 9.54. The van der Waals surface area contributed by atoms with Gasteiger partial charge in [-0.25, -0.2) is 0 Å². The van der Waals surface area contributed by atoms with Crippen molar-refractivity contribution in [3.63, 3.8) is 0 Å². The molecule has 2 nitrogen and oxygen atoms in total. The van der Waals surface area contributed by atoms with Crippen LogP contribution >= 0.6 is 0 Å². The minimum absolute atomic E-state index is 1.00. The van der Waals surface area contributed by atoms with Gasteiger partial charge in [-0.2, -0.15) is 0 Å². The maximum absolute atomic E-state index is 7.69. The van der Waals surface area contributed by atoms with E-state index < -0.39 is 0 Å². The third kappa shape index (κ3) is 15.4. The number of hydrogen-bond donors (Lipinski definition) is 1. The quantitative estimate of drug-likeness (QED) is 0.170. The van der Waals surface area contributed by atoms with Gasteiger partial charge in [0.2, 0.25) is 0 Å². The van der Waals surface area contributed by atoms with Crippen LogP contribution in [0.15, 0.2) is 60.9 Å². The molecular weight excluding hydrogens is 428 g/mol. The van der Waals surface area contributed by atoms with Crippen molar-refractivity contribution in [3.8, 4) is 11.5 Å². The van der Waals surface area contributed by atoms with Crippen LogP contribution < -0.4 is 4.74 Å². The molecule has 0 heterocycles. The smallest absolute Gasteiger partial charge is 0.130 e. The lowest BCUT2D eigenvalue weighted by atomic mass is 10.0. The summed E-state index contributed by atoms with van der Waals surface area (Å²) in [7, 11) is 0. The monoisotopic (exact) mass is 480 g/mol. The second kappa shape index (κ2) is 22.3. The Kier molecular flexibility index (Phi) is 19.6. The Morgan fingerprint density at radius 3 is 1.29 bits per heavy atom. The van der Waals surface area contributed by atoms with E-state index in [1.54, 1.807) is 13.0 Å². The third-order valence-electron chi connectivity index (χ3n) is 6.41. The van der Waals surface area contributed by atoms with E-state index in [2.05, 4.69) is 62.4 Å². The predicted molar refractivity (Wildman–Crippen MR) is 154 cm³/mol. The van der Waals surface area contributed by atoms with Gasteiger partial charge in [0.1, 0.15) is 11.5 Å². The van der Waals surface area contributed by atoms with Crippen molar-refractivity contribution in [1.82, 2.24) is 0 Å². The highest BCUT2D eigenvalue weighted by atomic mass is 16.5. The number of aliphatic hydroxyl groups is 1. The van der Waals surface area contributed by atoms with Gasteiger partial charge < -0.3 is 9.84 Å². The third-order valence-corrected chi connectivity index (χ3v) is 6.41. The van der Waals surface area contributed by atoms with Crippen LogP contribution in [0.2, 0.25) is 0 Å². The highest BCUT2D eigenvalue weighted by Gasteiger charge is 2.08. The van der Waals surface area contributed by atoms with Gasteiger partial charge in [0.25, 0.3) is 0 Å². The molecular formula is C33H52O2. The van der Waals surface area contributed by atoms with E-state index in [0.717, 1.165) is 30.6 Å². The summed E-state index contributed by atoms with van der Waals surface area (Å²) in [6.45, 7) is 6.31. The highest BCUT2D eigenvalue weighted by Crippen LogP contribution is 2.30. The number of para-hydroxylation sites is 2. The number of unbranched alkanes of at least 4 members (excludes halogenated alkanes) is 12. The van der Waals surface area contributed by atoms with Gasteiger partial charge in [0.05, 0.1) is 6.26 Å². The molecule has 0 saturated carbocycles. The normalized spacial score (nSPS) is 10.8. The zero-order valence-corrected chi connectivity index (χ0v) is 22.9. The van der Waals surface area contributed by atoms with Crippen molar-refractivity contribution in [2.24, 2.45) is 0 Å². The molecule has 0 aromatic heterocycles. The average Bonchev–Trinajstić information content (AvgIpc) is 2.89. The summed E-state index contributed by atoms with van der Waals surface area (Å²) in [5.41, 5.74) is 2.70. The number of aliphatic hydroxyl groups excluding tert-OH is 1. The maximum atomic E-state index is 7.69. The molecule has 2 heteroatoms. The lowest BCUT2D eigenvalue weighted by Crippen LogP contribution is -1.96. The largest absolute Gasteiger partial charge is 0.516 e. The molecule has 1 N–H and O–H groups in total. The van der Waals surface area contributed by atoms with Gasteiger partial charge in [-0.1, -0.05) is 133 Å². The Balaban J connectivity index is 0.00000142. The van der Waals surface area contributed by atoms with Gasteiger partial charge in [0.15, 0.2) is 0 Å². The molecule has 0 aliphatic carbocycles. The van der Waals surface area contributed by atoms with E-state index in [0.29, 0.717) is 0 Å². The van der Waals surface area contributed by atoms with Gasteiger partial charge in [0, 0.05) is 0 Å². The number of rotatable bonds is 18. The molecule has 2 rings (SSSR count). The molecule has 2 aromatic carbocycles. The van der Waals surface area contributed by atoms with E-state index in [1.165, 1.54) is 101 Å². The van der Waals surface area contributed by atoms with Crippen LogP contribution in [0.5, 0.6) is 11.5 Å². The zero-order chi connectivity index (χ0) is 25.4. The van der Waals surface area contributed by atoms with Crippen LogP contribution in [-0.2, 0) is 12.8 Å². The Morgan fingerprint density at radius 2 is 0.914 bits per heavy atom. The molecule has 0 spiro atoms. The zero-order valence-electron chi connectivity index (χ0n) is 22.9. The molecule has 0 aliphatic heterocycles. The maximum Gasteiger partial charge on any atom is 0.130 e. The first-order valence-corrected chi connectivity index (χ1v) is 14.4. The summed E-state index contributed by atoms with van der Waals surface area (Å²) in [6.07, 6.45) is 23.7. The lowest BCUT2D eigenvalue weighted by molar-refractivity contribution is 0.466. The number of ether oxygens (including phenoxy) is 1. The summed E-state index contributed by atoms with van der Waals surface area (Å²) >= 11 is 0. The van der Waals surface area contributed by atoms with Gasteiger partial charge in [-0.05, 0) is 55.9 Å². The van der Waals surface area contributed by atoms with Crippen LogP contribution in [0.4, 0.5) is 0 Å². The number of hydrogen-bond acceptors (Lipinski definition) is 2. The molecule has 0 amide bonds. The highest BCUT2D eigenvalue weighted by molar-refractivity contribution is 5.41. The summed E-state index contributed by atoms with van der Waals surface area (Å²) in [6, 6.07) is 17.3. The first kappa shape index (κ1) is 30.8. The Labute approximate surface area is 216 Å². The van der Waals surface area contributed by atoms with Crippen LogP contribution in [0, 0.1) is 0 Å². The summed E-state index contributed by atoms with van der Waals surface area (Å²) in [4.78, 5) is 0. The number of aryl methyl sites for hydroxylation is 2. The summed E-state index contributed by atoms with van der Waals surface area (Å²) in [5, 5.41) is 7.69. The number of benzene rings is 2. The molecule has 0 saturated heterocycles. The van der Waals surface area contributed by atoms with E-state index >= 15 is 0 Å². The molecule has 0 atom stereocenters. The fourth-order valence-electron chi connectivity index (χ4n) is 4.28. The van der Waals surface area contributed by atoms with Gasteiger partial charge in [-0.3, -0.25) is 0 Å². The Hall–Kier alpha value is -2.22. The van der Waals surface area contributed by atoms with Crippen LogP contribution in [-0.4, -0.2) is 5.11 Å². The van der Waals surface area contributed by atoms with Gasteiger partial charge in [-0.15, -0.1) is 0 Å². The number of allylic oxidation sites excluding steroid dienone is 1. The topological polar surface area (TPSA) is 29.5 Å². The van der Waals surface area contributed by atoms with E-state index in [1.807, 2.05) is 0 Å². The Morgan fingerprint density at radius 1 is 0.571 bits per heavy atom. The van der Waals surface area contributed by atoms with Crippen LogP contribution in [0.3, 0.4) is 0 Å². The van der Waals surface area contributed by atoms with Crippen molar-refractivity contribution >= 4 is 0 Å². The molecule has 0 aliphatic rings. The van der Waals surface area contributed by atoms with Crippen molar-refractivity contribution in [3.05, 3.63) is 72.0 Å². The fraction of sp³-hybridized carbons (Fsp3) is 0.576. The van der Waals surface area contributed by atoms with E-state index in [9.17, 15) is 0 Å². The molecule has 0 radical (unpaired) electrons. The SMILES string of the molecule is CC=CO.CCCCCCCCCc1ccccc1Oc1ccccc1CCCCCCCCC. The molecule has 0 bridgehead atoms. The molecule has 35 heavy (non-hydrogen) atoms. The molecule has 0 unspecified atom stereocenters. The molecule has 0 fully saturated rings. The first-order chi connectivity index (χ1) is 17.3. The molecule has 196 valence electrons. The van der Waals surface area contributed by atoms with Crippen LogP contribution in [0.25, 0.3) is 0 Å². The summed E-state index contributed by atoms with van der Waals surface area (Å²) in [5.74, 6) is 2.08. The van der Waals surface area contributed by atoms with Gasteiger partial charge >= 0.3 is 0 Å². The fourth-order valence-corrected chi connectivity index (χ4v) is 4.28. The summed E-state index contributed by atoms with van der Waals surface area (Å²) < 4.78 is 6.46. The standard InChI is InChI=1S/C30H46O.C3H6O/c1-3-5-7-9-11-13-15-21-27-23-17-19-25-29(27)31-30-26-20-18-24-28(30)22-16-14-12-10-8-6-4-2;1-2-3-4/h17-20,23-26H,3-16,21-22H2,1-2H3;2-4H,1H3. The van der Waals surface area contributed by atoms with Crippen molar-refractivity contribution in [2.75, 3.05) is 0 Å². The lowest BCUT2D eigenvalue weighted by Gasteiger charge is -2.14. The van der Waals surface area contributed by atoms with Crippen LogP contribution in [0.1, 0.15) is 122 Å². The Bertz CT molecular complexity index is 702. The average molecular weight is 481 g/mol. The van der Waals surface area contributed by atoms with E-state index in [-0.39, 0.29) is 0 Å². The minimum atomic E-state index is 1.00.